The second-order valence-electron chi connectivity index (χ2n) is 5.17. The molecule has 2 unspecified atom stereocenters. The van der Waals surface area contributed by atoms with Crippen LogP contribution in [0.25, 0.3) is 0 Å². The Hall–Kier alpha value is -1.16. The van der Waals surface area contributed by atoms with Gasteiger partial charge in [-0.05, 0) is 44.5 Å². The summed E-state index contributed by atoms with van der Waals surface area (Å²) in [7, 11) is 2.17. The van der Waals surface area contributed by atoms with Crippen molar-refractivity contribution in [3.63, 3.8) is 0 Å². The predicted octanol–water partition coefficient (Wildman–Crippen LogP) is 2.78. The molecular formula is C15H24FN3. The highest BCUT2D eigenvalue weighted by atomic mass is 19.1. The lowest BCUT2D eigenvalue weighted by Gasteiger charge is -2.36. The average molecular weight is 265 g/mol. The Morgan fingerprint density at radius 1 is 1.26 bits per heavy atom. The number of likely N-dealkylation sites (tertiary alicyclic amines) is 1. The van der Waals surface area contributed by atoms with Gasteiger partial charge >= 0.3 is 0 Å². The number of pyridine rings is 1. The molecule has 2 aliphatic heterocycles. The number of aromatic nitrogens is 1. The lowest BCUT2D eigenvalue weighted by atomic mass is 9.93. The Bertz CT molecular complexity index is 410. The molecular weight excluding hydrogens is 241 g/mol. The maximum absolute atomic E-state index is 13.8. The second kappa shape index (κ2) is 6.33. The van der Waals surface area contributed by atoms with E-state index in [-0.39, 0.29) is 5.82 Å². The van der Waals surface area contributed by atoms with Gasteiger partial charge in [-0.3, -0.25) is 0 Å². The normalized spacial score (nSPS) is 26.6. The largest absolute Gasteiger partial charge is 0.351 e. The number of halogens is 1. The standard InChI is InChI=1S/C13H18FN3.C2H6/c1-16-7-5-12-10(9-16)4-8-17(12)13-11(14)3-2-6-15-13;1-2/h2-3,6,10,12H,4-5,7-9H2,1H3;1-2H3. The van der Waals surface area contributed by atoms with Gasteiger partial charge in [0.25, 0.3) is 0 Å². The van der Waals surface area contributed by atoms with Crippen molar-refractivity contribution in [2.75, 3.05) is 31.6 Å². The van der Waals surface area contributed by atoms with Gasteiger partial charge in [-0.15, -0.1) is 0 Å². The third-order valence-corrected chi connectivity index (χ3v) is 4.05. The van der Waals surface area contributed by atoms with E-state index in [9.17, 15) is 4.39 Å². The number of fused-ring (bicyclic) bond motifs is 1. The zero-order chi connectivity index (χ0) is 13.8. The van der Waals surface area contributed by atoms with E-state index in [0.29, 0.717) is 17.8 Å². The average Bonchev–Trinajstić information content (AvgIpc) is 2.84. The molecule has 3 rings (SSSR count). The first-order chi connectivity index (χ1) is 9.25. The van der Waals surface area contributed by atoms with Gasteiger partial charge in [-0.1, -0.05) is 13.8 Å². The zero-order valence-electron chi connectivity index (χ0n) is 12.1. The van der Waals surface area contributed by atoms with Crippen LogP contribution in [0.15, 0.2) is 18.3 Å². The molecule has 2 saturated heterocycles. The monoisotopic (exact) mass is 265 g/mol. The van der Waals surface area contributed by atoms with Gasteiger partial charge < -0.3 is 9.80 Å². The summed E-state index contributed by atoms with van der Waals surface area (Å²) in [6.07, 6.45) is 3.96. The third-order valence-electron chi connectivity index (χ3n) is 4.05. The van der Waals surface area contributed by atoms with E-state index >= 15 is 0 Å². The first kappa shape index (κ1) is 14.3. The van der Waals surface area contributed by atoms with E-state index in [2.05, 4.69) is 21.8 Å². The summed E-state index contributed by atoms with van der Waals surface area (Å²) in [4.78, 5) is 8.76. The van der Waals surface area contributed by atoms with Crippen molar-refractivity contribution in [2.45, 2.75) is 32.7 Å². The molecule has 2 atom stereocenters. The van der Waals surface area contributed by atoms with E-state index in [1.807, 2.05) is 13.8 Å². The summed E-state index contributed by atoms with van der Waals surface area (Å²) >= 11 is 0. The quantitative estimate of drug-likeness (QED) is 0.778. The number of hydrogen-bond donors (Lipinski definition) is 0. The number of piperidine rings is 1. The maximum atomic E-state index is 13.8. The van der Waals surface area contributed by atoms with Gasteiger partial charge in [-0.25, -0.2) is 9.37 Å². The van der Waals surface area contributed by atoms with E-state index in [1.165, 1.54) is 6.07 Å². The van der Waals surface area contributed by atoms with E-state index in [1.54, 1.807) is 12.3 Å². The number of rotatable bonds is 1. The first-order valence-corrected chi connectivity index (χ1v) is 7.31. The summed E-state index contributed by atoms with van der Waals surface area (Å²) in [5, 5.41) is 0. The highest BCUT2D eigenvalue weighted by Crippen LogP contribution is 2.34. The smallest absolute Gasteiger partial charge is 0.165 e. The van der Waals surface area contributed by atoms with Gasteiger partial charge in [-0.2, -0.15) is 0 Å². The fourth-order valence-corrected chi connectivity index (χ4v) is 3.22. The van der Waals surface area contributed by atoms with Crippen molar-refractivity contribution in [2.24, 2.45) is 5.92 Å². The van der Waals surface area contributed by atoms with Crippen LogP contribution in [0.5, 0.6) is 0 Å². The van der Waals surface area contributed by atoms with Crippen molar-refractivity contribution < 1.29 is 4.39 Å². The van der Waals surface area contributed by atoms with Crippen LogP contribution in [0.4, 0.5) is 10.2 Å². The minimum Gasteiger partial charge on any atom is -0.351 e. The van der Waals surface area contributed by atoms with Crippen LogP contribution in [0.2, 0.25) is 0 Å². The number of nitrogens with zero attached hydrogens (tertiary/aromatic N) is 3. The minimum atomic E-state index is -0.188. The minimum absolute atomic E-state index is 0.188. The molecule has 0 radical (unpaired) electrons. The van der Waals surface area contributed by atoms with Crippen molar-refractivity contribution in [1.29, 1.82) is 0 Å². The molecule has 1 aromatic heterocycles. The second-order valence-corrected chi connectivity index (χ2v) is 5.17. The molecule has 0 bridgehead atoms. The highest BCUT2D eigenvalue weighted by Gasteiger charge is 2.38. The molecule has 0 spiro atoms. The van der Waals surface area contributed by atoms with E-state index in [0.717, 1.165) is 32.5 Å². The summed E-state index contributed by atoms with van der Waals surface area (Å²) < 4.78 is 13.8. The summed E-state index contributed by atoms with van der Waals surface area (Å²) in [5.41, 5.74) is 0. The third kappa shape index (κ3) is 2.89. The topological polar surface area (TPSA) is 19.4 Å². The molecule has 2 aliphatic rings. The van der Waals surface area contributed by atoms with Crippen LogP contribution in [-0.2, 0) is 0 Å². The lowest BCUT2D eigenvalue weighted by molar-refractivity contribution is 0.202. The molecule has 0 N–H and O–H groups in total. The summed E-state index contributed by atoms with van der Waals surface area (Å²) in [5.74, 6) is 1.03. The molecule has 19 heavy (non-hydrogen) atoms. The van der Waals surface area contributed by atoms with E-state index < -0.39 is 0 Å². The Morgan fingerprint density at radius 2 is 2.05 bits per heavy atom. The van der Waals surface area contributed by atoms with E-state index in [4.69, 9.17) is 0 Å². The summed E-state index contributed by atoms with van der Waals surface area (Å²) in [6, 6.07) is 3.64. The number of anilines is 1. The van der Waals surface area contributed by atoms with Crippen molar-refractivity contribution in [1.82, 2.24) is 9.88 Å². The molecule has 0 aliphatic carbocycles. The van der Waals surface area contributed by atoms with Crippen LogP contribution < -0.4 is 4.90 Å². The SMILES string of the molecule is CC.CN1CCC2C(CCN2c2ncccc2F)C1. The van der Waals surface area contributed by atoms with Crippen LogP contribution in [0.1, 0.15) is 26.7 Å². The highest BCUT2D eigenvalue weighted by molar-refractivity contribution is 5.43. The molecule has 0 aromatic carbocycles. The van der Waals surface area contributed by atoms with Crippen molar-refractivity contribution in [3.8, 4) is 0 Å². The van der Waals surface area contributed by atoms with Gasteiger partial charge in [0, 0.05) is 25.3 Å². The Morgan fingerprint density at radius 3 is 2.79 bits per heavy atom. The predicted molar refractivity (Wildman–Crippen MR) is 76.9 cm³/mol. The Balaban J connectivity index is 0.000000637. The molecule has 0 saturated carbocycles. The van der Waals surface area contributed by atoms with Crippen LogP contribution in [0, 0.1) is 11.7 Å². The zero-order valence-corrected chi connectivity index (χ0v) is 12.1. The molecule has 1 aromatic rings. The molecule has 106 valence electrons. The fraction of sp³-hybridized carbons (Fsp3) is 0.667. The fourth-order valence-electron chi connectivity index (χ4n) is 3.22. The lowest BCUT2D eigenvalue weighted by Crippen LogP contribution is -2.44. The maximum Gasteiger partial charge on any atom is 0.165 e. The number of hydrogen-bond acceptors (Lipinski definition) is 3. The Labute approximate surface area is 115 Å². The van der Waals surface area contributed by atoms with Gasteiger partial charge in [0.15, 0.2) is 11.6 Å². The Kier molecular flexibility index (Phi) is 4.75. The van der Waals surface area contributed by atoms with Crippen LogP contribution in [0.3, 0.4) is 0 Å². The van der Waals surface area contributed by atoms with Gasteiger partial charge in [0.1, 0.15) is 0 Å². The summed E-state index contributed by atoms with van der Waals surface area (Å²) in [6.45, 7) is 7.18. The molecule has 3 heterocycles. The molecule has 0 amide bonds. The molecule has 4 heteroatoms. The van der Waals surface area contributed by atoms with Crippen LogP contribution >= 0.6 is 0 Å². The molecule has 2 fully saturated rings. The van der Waals surface area contributed by atoms with Gasteiger partial charge in [0.05, 0.1) is 0 Å². The van der Waals surface area contributed by atoms with Crippen LogP contribution in [-0.4, -0.2) is 42.6 Å². The van der Waals surface area contributed by atoms with Crippen molar-refractivity contribution >= 4 is 5.82 Å². The van der Waals surface area contributed by atoms with Crippen molar-refractivity contribution in [3.05, 3.63) is 24.1 Å². The first-order valence-electron chi connectivity index (χ1n) is 7.31. The molecule has 3 nitrogen and oxygen atoms in total. The van der Waals surface area contributed by atoms with Gasteiger partial charge in [0.2, 0.25) is 0 Å².